The van der Waals surface area contributed by atoms with Gasteiger partial charge in [-0.3, -0.25) is 8.74 Å². The van der Waals surface area contributed by atoms with Crippen molar-refractivity contribution in [2.45, 2.75) is 12.2 Å². The predicted molar refractivity (Wildman–Crippen MR) is 41.8 cm³/mol. The van der Waals surface area contributed by atoms with Gasteiger partial charge in [0.1, 0.15) is 5.25 Å². The molecule has 0 aliphatic rings. The monoisotopic (exact) mass is 218 g/mol. The summed E-state index contributed by atoms with van der Waals surface area (Å²) in [5.74, 6) is -0.858. The van der Waals surface area contributed by atoms with Gasteiger partial charge in [0.15, 0.2) is 0 Å². The van der Waals surface area contributed by atoms with Gasteiger partial charge in [0.25, 0.3) is 20.2 Å². The van der Waals surface area contributed by atoms with E-state index in [0.717, 1.165) is 14.0 Å². The van der Waals surface area contributed by atoms with E-state index in [1.165, 1.54) is 0 Å². The number of rotatable bonds is 4. The molecule has 0 saturated heterocycles. The quantitative estimate of drug-likeness (QED) is 0.492. The van der Waals surface area contributed by atoms with Gasteiger partial charge < -0.3 is 0 Å². The van der Waals surface area contributed by atoms with Gasteiger partial charge in [0.05, 0.1) is 12.9 Å². The largest absolute Gasteiger partial charge is 0.286 e. The molecule has 0 amide bonds. The van der Waals surface area contributed by atoms with Crippen LogP contribution in [0.3, 0.4) is 0 Å². The first-order valence-corrected chi connectivity index (χ1v) is 6.01. The highest BCUT2D eigenvalue weighted by Gasteiger charge is 2.25. The average Bonchev–Trinajstić information content (AvgIpc) is 1.84. The van der Waals surface area contributed by atoms with Crippen LogP contribution in [-0.2, 0) is 24.4 Å². The minimum absolute atomic E-state index is 0.858. The summed E-state index contributed by atoms with van der Waals surface area (Å²) in [4.78, 5) is 0. The zero-order chi connectivity index (χ0) is 9.99. The fourth-order valence-corrected chi connectivity index (χ4v) is 2.65. The lowest BCUT2D eigenvalue weighted by Gasteiger charge is -2.07. The van der Waals surface area contributed by atoms with Gasteiger partial charge >= 0.3 is 0 Å². The van der Waals surface area contributed by atoms with E-state index in [4.69, 9.17) is 4.55 Å². The van der Waals surface area contributed by atoms with Gasteiger partial charge in [-0.25, -0.2) is 0 Å². The number of hydrogen-bond acceptors (Lipinski definition) is 5. The maximum absolute atomic E-state index is 10.8. The first-order chi connectivity index (χ1) is 5.19. The molecule has 1 unspecified atom stereocenters. The Morgan fingerprint density at radius 3 is 2.00 bits per heavy atom. The molecule has 0 aliphatic heterocycles. The van der Waals surface area contributed by atoms with Crippen LogP contribution in [0.5, 0.6) is 0 Å². The maximum atomic E-state index is 10.8. The second-order valence-electron chi connectivity index (χ2n) is 2.22. The summed E-state index contributed by atoms with van der Waals surface area (Å²) in [6, 6.07) is 0. The Morgan fingerprint density at radius 1 is 1.33 bits per heavy atom. The molecular weight excluding hydrogens is 208 g/mol. The normalized spacial score (nSPS) is 15.9. The molecule has 0 spiro atoms. The highest BCUT2D eigenvalue weighted by molar-refractivity contribution is 7.90. The van der Waals surface area contributed by atoms with Crippen molar-refractivity contribution in [2.24, 2.45) is 0 Å². The van der Waals surface area contributed by atoms with Crippen LogP contribution in [0, 0.1) is 0 Å². The van der Waals surface area contributed by atoms with E-state index >= 15 is 0 Å². The van der Waals surface area contributed by atoms with Crippen molar-refractivity contribution in [1.29, 1.82) is 0 Å². The highest BCUT2D eigenvalue weighted by atomic mass is 32.2. The third-order valence-electron chi connectivity index (χ3n) is 1.17. The van der Waals surface area contributed by atoms with Crippen LogP contribution in [0.1, 0.15) is 6.92 Å². The van der Waals surface area contributed by atoms with E-state index in [9.17, 15) is 16.8 Å². The molecule has 0 heterocycles. The van der Waals surface area contributed by atoms with Gasteiger partial charge in [0, 0.05) is 0 Å². The summed E-state index contributed by atoms with van der Waals surface area (Å²) in [5, 5.41) is -1.27. The third-order valence-corrected chi connectivity index (χ3v) is 3.92. The van der Waals surface area contributed by atoms with Gasteiger partial charge in [-0.15, -0.1) is 0 Å². The molecule has 6 nitrogen and oxygen atoms in total. The summed E-state index contributed by atoms with van der Waals surface area (Å²) in [7, 11) is -7.22. The lowest BCUT2D eigenvalue weighted by Crippen LogP contribution is -2.27. The van der Waals surface area contributed by atoms with Crippen LogP contribution >= 0.6 is 0 Å². The Hall–Kier alpha value is -0.180. The van der Waals surface area contributed by atoms with Gasteiger partial charge in [0.2, 0.25) is 0 Å². The summed E-state index contributed by atoms with van der Waals surface area (Å²) in [6.45, 7) is 1.13. The number of hydrogen-bond donors (Lipinski definition) is 1. The van der Waals surface area contributed by atoms with Crippen molar-refractivity contribution in [1.82, 2.24) is 0 Å². The van der Waals surface area contributed by atoms with Crippen molar-refractivity contribution in [3.63, 3.8) is 0 Å². The van der Waals surface area contributed by atoms with Crippen LogP contribution in [0.4, 0.5) is 0 Å². The fourth-order valence-electron chi connectivity index (χ4n) is 0.544. The SMILES string of the molecule is COS(=O)(=O)C(C)CS(=O)(=O)O. The summed E-state index contributed by atoms with van der Waals surface area (Å²) in [5.41, 5.74) is 0. The second-order valence-corrected chi connectivity index (χ2v) is 5.84. The molecule has 74 valence electrons. The minimum atomic E-state index is -4.28. The van der Waals surface area contributed by atoms with E-state index in [1.54, 1.807) is 0 Å². The molecule has 0 bridgehead atoms. The summed E-state index contributed by atoms with van der Waals surface area (Å²) in [6.07, 6.45) is 0. The van der Waals surface area contributed by atoms with Crippen LogP contribution in [0.15, 0.2) is 0 Å². The molecule has 0 aromatic heterocycles. The molecule has 0 aromatic carbocycles. The Morgan fingerprint density at radius 2 is 1.75 bits per heavy atom. The first kappa shape index (κ1) is 11.8. The topological polar surface area (TPSA) is 97.7 Å². The Labute approximate surface area is 71.4 Å². The smallest absolute Gasteiger partial charge is 0.270 e. The molecule has 0 aromatic rings. The lowest BCUT2D eigenvalue weighted by molar-refractivity contribution is 0.389. The fraction of sp³-hybridized carbons (Fsp3) is 1.00. The van der Waals surface area contributed by atoms with E-state index in [2.05, 4.69) is 4.18 Å². The van der Waals surface area contributed by atoms with Gasteiger partial charge in [-0.2, -0.15) is 16.8 Å². The molecule has 0 aliphatic carbocycles. The van der Waals surface area contributed by atoms with Crippen LogP contribution in [0.25, 0.3) is 0 Å². The molecule has 0 radical (unpaired) electrons. The van der Waals surface area contributed by atoms with E-state index in [1.807, 2.05) is 0 Å². The standard InChI is InChI=1S/C4H10O6S2/c1-4(3-11(5,6)7)12(8,9)10-2/h4H,3H2,1-2H3,(H,5,6,7). The van der Waals surface area contributed by atoms with E-state index in [0.29, 0.717) is 0 Å². The van der Waals surface area contributed by atoms with Crippen molar-refractivity contribution < 1.29 is 25.6 Å². The third kappa shape index (κ3) is 4.00. The minimum Gasteiger partial charge on any atom is -0.286 e. The Bertz CT molecular complexity index is 325. The molecule has 1 N–H and O–H groups in total. The van der Waals surface area contributed by atoms with Crippen molar-refractivity contribution >= 4 is 20.2 Å². The molecule has 8 heteroatoms. The molecule has 0 fully saturated rings. The lowest BCUT2D eigenvalue weighted by atomic mass is 10.6. The van der Waals surface area contributed by atoms with Crippen molar-refractivity contribution in [3.05, 3.63) is 0 Å². The van der Waals surface area contributed by atoms with E-state index < -0.39 is 31.2 Å². The van der Waals surface area contributed by atoms with Crippen LogP contribution < -0.4 is 0 Å². The second kappa shape index (κ2) is 3.69. The Kier molecular flexibility index (Phi) is 3.63. The van der Waals surface area contributed by atoms with E-state index in [-0.39, 0.29) is 0 Å². The maximum Gasteiger partial charge on any atom is 0.270 e. The van der Waals surface area contributed by atoms with Crippen LogP contribution in [0.2, 0.25) is 0 Å². The molecular formula is C4H10O6S2. The molecule has 0 rings (SSSR count). The zero-order valence-corrected chi connectivity index (χ0v) is 8.22. The van der Waals surface area contributed by atoms with Crippen molar-refractivity contribution in [3.8, 4) is 0 Å². The summed E-state index contributed by atoms with van der Waals surface area (Å²) >= 11 is 0. The molecule has 12 heavy (non-hydrogen) atoms. The zero-order valence-electron chi connectivity index (χ0n) is 6.59. The molecule has 0 saturated carbocycles. The van der Waals surface area contributed by atoms with Gasteiger partial charge in [-0.1, -0.05) is 0 Å². The first-order valence-electron chi connectivity index (χ1n) is 2.93. The Balaban J connectivity index is 4.56. The highest BCUT2D eigenvalue weighted by Crippen LogP contribution is 2.04. The van der Waals surface area contributed by atoms with Gasteiger partial charge in [-0.05, 0) is 6.92 Å². The van der Waals surface area contributed by atoms with Crippen LogP contribution in [-0.4, -0.2) is 39.5 Å². The average molecular weight is 218 g/mol. The molecule has 1 atom stereocenters. The predicted octanol–water partition coefficient (Wildman–Crippen LogP) is -0.761. The summed E-state index contributed by atoms with van der Waals surface area (Å²) < 4.78 is 54.4. The van der Waals surface area contributed by atoms with Crippen molar-refractivity contribution in [2.75, 3.05) is 12.9 Å².